The lowest BCUT2D eigenvalue weighted by Crippen LogP contribution is -2.32. The minimum Gasteiger partial charge on any atom is -0.476 e. The number of aryl methyl sites for hydroxylation is 1. The molecule has 0 spiro atoms. The highest BCUT2D eigenvalue weighted by atomic mass is 16.7. The number of benzene rings is 1. The third-order valence-corrected chi connectivity index (χ3v) is 5.97. The Labute approximate surface area is 201 Å². The number of hydrogen-bond donors (Lipinski definition) is 1. The van der Waals surface area contributed by atoms with Crippen molar-refractivity contribution in [1.29, 1.82) is 0 Å². The zero-order valence-corrected chi connectivity index (χ0v) is 20.5. The Balaban J connectivity index is 1.90. The number of methoxy groups -OCH3 is 2. The van der Waals surface area contributed by atoms with Gasteiger partial charge in [-0.15, -0.1) is 0 Å². The van der Waals surface area contributed by atoms with E-state index >= 15 is 0 Å². The summed E-state index contributed by atoms with van der Waals surface area (Å²) >= 11 is 0. The third-order valence-electron chi connectivity index (χ3n) is 5.97. The summed E-state index contributed by atoms with van der Waals surface area (Å²) < 4.78 is 13.5. The summed E-state index contributed by atoms with van der Waals surface area (Å²) in [5.41, 5.74) is 2.49. The Morgan fingerprint density at radius 1 is 1.06 bits per heavy atom. The molecule has 0 aliphatic carbocycles. The van der Waals surface area contributed by atoms with Gasteiger partial charge in [-0.3, -0.25) is 0 Å². The number of rotatable bonds is 13. The van der Waals surface area contributed by atoms with Crippen LogP contribution in [0.2, 0.25) is 0 Å². The van der Waals surface area contributed by atoms with Crippen LogP contribution < -0.4 is 0 Å². The van der Waals surface area contributed by atoms with Crippen molar-refractivity contribution in [3.8, 4) is 11.1 Å². The van der Waals surface area contributed by atoms with Crippen molar-refractivity contribution in [1.82, 2.24) is 19.7 Å². The van der Waals surface area contributed by atoms with Crippen molar-refractivity contribution in [3.05, 3.63) is 65.5 Å². The van der Waals surface area contributed by atoms with Crippen LogP contribution in [0, 0.1) is 0 Å². The van der Waals surface area contributed by atoms with E-state index in [0.717, 1.165) is 49.2 Å². The standard InChI is InChI=1S/C26H34N4O4/c1-5-7-15-26(33-3,34-4)25-28-22(30(29-25)17-8-6-2)18-19-11-13-20(14-12-19)21-10-9-16-27-23(21)24(31)32/h9-14,16H,5-8,15,17-18H2,1-4H3,(H,31,32). The summed E-state index contributed by atoms with van der Waals surface area (Å²) in [6.07, 6.45) is 6.76. The topological polar surface area (TPSA) is 99.4 Å². The van der Waals surface area contributed by atoms with Crippen LogP contribution in [-0.4, -0.2) is 45.0 Å². The van der Waals surface area contributed by atoms with E-state index in [1.165, 1.54) is 6.20 Å². The van der Waals surface area contributed by atoms with Gasteiger partial charge in [-0.05, 0) is 30.0 Å². The number of carbonyl (C=O) groups is 1. The van der Waals surface area contributed by atoms with Crippen LogP contribution in [0.5, 0.6) is 0 Å². The molecule has 0 aliphatic rings. The van der Waals surface area contributed by atoms with Crippen molar-refractivity contribution in [2.45, 2.75) is 64.7 Å². The van der Waals surface area contributed by atoms with Gasteiger partial charge in [0.25, 0.3) is 0 Å². The summed E-state index contributed by atoms with van der Waals surface area (Å²) in [7, 11) is 3.27. The van der Waals surface area contributed by atoms with E-state index < -0.39 is 11.8 Å². The maximum absolute atomic E-state index is 11.5. The van der Waals surface area contributed by atoms with Crippen molar-refractivity contribution in [3.63, 3.8) is 0 Å². The molecule has 0 radical (unpaired) electrons. The molecule has 182 valence electrons. The smallest absolute Gasteiger partial charge is 0.355 e. The lowest BCUT2D eigenvalue weighted by Gasteiger charge is -2.27. The van der Waals surface area contributed by atoms with Gasteiger partial charge in [0.2, 0.25) is 11.6 Å². The van der Waals surface area contributed by atoms with Crippen LogP contribution in [-0.2, 0) is 28.2 Å². The van der Waals surface area contributed by atoms with Crippen molar-refractivity contribution in [2.75, 3.05) is 14.2 Å². The minimum absolute atomic E-state index is 0.0433. The molecule has 3 rings (SSSR count). The number of unbranched alkanes of at least 4 members (excludes halogenated alkanes) is 2. The molecule has 3 aromatic rings. The van der Waals surface area contributed by atoms with E-state index in [2.05, 4.69) is 18.8 Å². The highest BCUT2D eigenvalue weighted by Crippen LogP contribution is 2.30. The summed E-state index contributed by atoms with van der Waals surface area (Å²) in [6.45, 7) is 5.05. The molecule has 0 amide bonds. The molecule has 0 fully saturated rings. The molecular weight excluding hydrogens is 432 g/mol. The van der Waals surface area contributed by atoms with Crippen molar-refractivity contribution in [2.24, 2.45) is 0 Å². The number of carboxylic acid groups (broad SMARTS) is 1. The highest BCUT2D eigenvalue weighted by molar-refractivity contribution is 5.93. The Hall–Kier alpha value is -3.10. The summed E-state index contributed by atoms with van der Waals surface area (Å²) in [5.74, 6) is -0.604. The maximum Gasteiger partial charge on any atom is 0.355 e. The Kier molecular flexibility index (Phi) is 8.90. The first kappa shape index (κ1) is 25.5. The molecule has 34 heavy (non-hydrogen) atoms. The number of hydrogen-bond acceptors (Lipinski definition) is 6. The average molecular weight is 467 g/mol. The SMILES string of the molecule is CCCCn1nc(C(CCCC)(OC)OC)nc1Cc1ccc(-c2cccnc2C(=O)O)cc1. The molecule has 8 heteroatoms. The van der Waals surface area contributed by atoms with Crippen LogP contribution in [0.4, 0.5) is 0 Å². The molecular formula is C26H34N4O4. The van der Waals surface area contributed by atoms with Crippen LogP contribution in [0.1, 0.15) is 73.7 Å². The minimum atomic E-state index is -1.04. The normalized spacial score (nSPS) is 11.6. The van der Waals surface area contributed by atoms with Gasteiger partial charge in [0.15, 0.2) is 5.69 Å². The number of aromatic nitrogens is 4. The average Bonchev–Trinajstić information content (AvgIpc) is 3.27. The van der Waals surface area contributed by atoms with Gasteiger partial charge in [0.05, 0.1) is 0 Å². The molecule has 0 aliphatic heterocycles. The van der Waals surface area contributed by atoms with Gasteiger partial charge in [-0.2, -0.15) is 5.10 Å². The summed E-state index contributed by atoms with van der Waals surface area (Å²) in [6, 6.07) is 11.3. The molecule has 1 aromatic carbocycles. The Morgan fingerprint density at radius 2 is 1.76 bits per heavy atom. The first-order valence-corrected chi connectivity index (χ1v) is 11.8. The Morgan fingerprint density at radius 3 is 2.38 bits per heavy atom. The molecule has 0 saturated carbocycles. The second kappa shape index (κ2) is 11.9. The van der Waals surface area contributed by atoms with E-state index in [0.29, 0.717) is 24.2 Å². The van der Waals surface area contributed by atoms with Crippen LogP contribution in [0.25, 0.3) is 11.1 Å². The second-order valence-electron chi connectivity index (χ2n) is 8.27. The van der Waals surface area contributed by atoms with Gasteiger partial charge >= 0.3 is 5.97 Å². The van der Waals surface area contributed by atoms with Crippen LogP contribution in [0.15, 0.2) is 42.6 Å². The van der Waals surface area contributed by atoms with Crippen molar-refractivity contribution >= 4 is 5.97 Å². The van der Waals surface area contributed by atoms with E-state index in [1.807, 2.05) is 28.9 Å². The van der Waals surface area contributed by atoms with E-state index in [9.17, 15) is 9.90 Å². The van der Waals surface area contributed by atoms with Gasteiger partial charge in [0, 0.05) is 45.4 Å². The predicted octanol–water partition coefficient (Wildman–Crippen LogP) is 5.07. The molecule has 2 heterocycles. The van der Waals surface area contributed by atoms with E-state index in [4.69, 9.17) is 19.6 Å². The highest BCUT2D eigenvalue weighted by Gasteiger charge is 2.37. The number of ether oxygens (including phenoxy) is 2. The molecule has 8 nitrogen and oxygen atoms in total. The first-order chi connectivity index (χ1) is 16.5. The number of carboxylic acids is 1. The van der Waals surface area contributed by atoms with E-state index in [1.54, 1.807) is 26.4 Å². The summed E-state index contributed by atoms with van der Waals surface area (Å²) in [5, 5.41) is 14.2. The zero-order valence-electron chi connectivity index (χ0n) is 20.5. The summed E-state index contributed by atoms with van der Waals surface area (Å²) in [4.78, 5) is 20.4. The molecule has 0 bridgehead atoms. The fraction of sp³-hybridized carbons (Fsp3) is 0.462. The Bertz CT molecular complexity index is 1070. The van der Waals surface area contributed by atoms with Gasteiger partial charge in [-0.25, -0.2) is 19.4 Å². The number of aromatic carboxylic acids is 1. The number of nitrogens with zero attached hydrogens (tertiary/aromatic N) is 4. The molecule has 0 atom stereocenters. The zero-order chi connectivity index (χ0) is 24.6. The lowest BCUT2D eigenvalue weighted by molar-refractivity contribution is -0.226. The van der Waals surface area contributed by atoms with Crippen LogP contribution in [0.3, 0.4) is 0 Å². The second-order valence-corrected chi connectivity index (χ2v) is 8.27. The van der Waals surface area contributed by atoms with Crippen molar-refractivity contribution < 1.29 is 19.4 Å². The van der Waals surface area contributed by atoms with Gasteiger partial charge in [0.1, 0.15) is 5.82 Å². The monoisotopic (exact) mass is 466 g/mol. The quantitative estimate of drug-likeness (QED) is 0.351. The predicted molar refractivity (Wildman–Crippen MR) is 130 cm³/mol. The van der Waals surface area contributed by atoms with E-state index in [-0.39, 0.29) is 5.69 Å². The fourth-order valence-corrected chi connectivity index (χ4v) is 3.94. The van der Waals surface area contributed by atoms with Gasteiger partial charge in [-0.1, -0.05) is 57.0 Å². The largest absolute Gasteiger partial charge is 0.476 e. The molecule has 0 saturated heterocycles. The first-order valence-electron chi connectivity index (χ1n) is 11.8. The number of pyridine rings is 1. The van der Waals surface area contributed by atoms with Crippen LogP contribution >= 0.6 is 0 Å². The molecule has 0 unspecified atom stereocenters. The third kappa shape index (κ3) is 5.69. The maximum atomic E-state index is 11.5. The molecule has 1 N–H and O–H groups in total. The lowest BCUT2D eigenvalue weighted by atomic mass is 10.0. The van der Waals surface area contributed by atoms with Gasteiger partial charge < -0.3 is 14.6 Å². The molecule has 2 aromatic heterocycles. The fourth-order valence-electron chi connectivity index (χ4n) is 3.94.